The lowest BCUT2D eigenvalue weighted by Crippen LogP contribution is -2.68. The molecule has 0 saturated carbocycles. The molecule has 0 saturated heterocycles. The lowest BCUT2D eigenvalue weighted by molar-refractivity contribution is -0.447. The molecule has 0 heterocycles. The van der Waals surface area contributed by atoms with Crippen LogP contribution in [0.25, 0.3) is 0 Å². The van der Waals surface area contributed by atoms with Crippen LogP contribution in [-0.2, 0) is 29.1 Å². The van der Waals surface area contributed by atoms with Gasteiger partial charge in [0, 0.05) is 40.7 Å². The van der Waals surface area contributed by atoms with Crippen LogP contribution in [0.1, 0.15) is 94.4 Å². The molecule has 10 N–H and O–H groups in total. The summed E-state index contributed by atoms with van der Waals surface area (Å²) in [6.45, 7) is 20.6. The second-order valence-electron chi connectivity index (χ2n) is 13.0. The molecule has 0 aromatic heterocycles. The molecular weight excluding hydrogens is 536 g/mol. The molecule has 0 aliphatic rings. The Kier molecular flexibility index (Phi) is 25.8. The van der Waals surface area contributed by atoms with Crippen LogP contribution >= 0.6 is 11.8 Å². The van der Waals surface area contributed by atoms with E-state index >= 15 is 0 Å². The normalized spacial score (nSPS) is 14.2. The van der Waals surface area contributed by atoms with Crippen molar-refractivity contribution in [3.05, 3.63) is 0 Å². The maximum Gasteiger partial charge on any atom is 0.138 e. The summed E-state index contributed by atoms with van der Waals surface area (Å²) < 4.78 is 0.309. The molecule has 0 aromatic carbocycles. The first-order chi connectivity index (χ1) is 18.2. The minimum Gasteiger partial charge on any atom is -0.544 e. The fraction of sp³-hybridized carbons (Fsp3) is 0.929. The van der Waals surface area contributed by atoms with Gasteiger partial charge >= 0.3 is 0 Å². The van der Waals surface area contributed by atoms with Gasteiger partial charge in [0.1, 0.15) is 37.1 Å². The Morgan fingerprint density at radius 1 is 0.825 bits per heavy atom. The number of quaternary nitrogens is 3. The molecule has 0 unspecified atom stereocenters. The van der Waals surface area contributed by atoms with Gasteiger partial charge < -0.3 is 32.4 Å². The molecule has 0 rings (SSSR count). The molecule has 0 fully saturated rings. The van der Waals surface area contributed by atoms with Gasteiger partial charge in [0.15, 0.2) is 0 Å². The SMILES string of the molecule is CC(C)(C)NCCCC[C@H]([NH3+])C(=O)[O-].COOC[C@@H]([NH3+])CCC(=O)C(C)(C)C.COOC[C@@H]([NH3+])CSC(C)(C)C. The predicted octanol–water partition coefficient (Wildman–Crippen LogP) is 0.182. The number of aliphatic carboxylic acids is 1. The second kappa shape index (κ2) is 23.7. The fourth-order valence-electron chi connectivity index (χ4n) is 2.64. The number of carbonyl (C=O) groups is 2. The summed E-state index contributed by atoms with van der Waals surface area (Å²) in [5.41, 5.74) is 11.2. The Balaban J connectivity index is -0.000000515. The van der Waals surface area contributed by atoms with Gasteiger partial charge in [-0.15, -0.1) is 11.8 Å². The largest absolute Gasteiger partial charge is 0.544 e. The molecule has 12 heteroatoms. The van der Waals surface area contributed by atoms with E-state index in [1.54, 1.807) is 0 Å². The quantitative estimate of drug-likeness (QED) is 0.103. The van der Waals surface area contributed by atoms with Gasteiger partial charge in [-0.05, 0) is 40.2 Å². The van der Waals surface area contributed by atoms with E-state index in [2.05, 4.69) is 73.8 Å². The molecule has 0 radical (unpaired) electrons. The first-order valence-electron chi connectivity index (χ1n) is 14.1. The monoisotopic (exact) mass is 600 g/mol. The van der Waals surface area contributed by atoms with Crippen LogP contribution in [0.5, 0.6) is 0 Å². The van der Waals surface area contributed by atoms with Crippen molar-refractivity contribution >= 4 is 23.5 Å². The van der Waals surface area contributed by atoms with E-state index in [0.29, 0.717) is 36.8 Å². The third-order valence-electron chi connectivity index (χ3n) is 5.18. The van der Waals surface area contributed by atoms with Gasteiger partial charge in [-0.3, -0.25) is 4.79 Å². The molecule has 242 valence electrons. The Labute approximate surface area is 248 Å². The van der Waals surface area contributed by atoms with Crippen molar-refractivity contribution in [3.63, 3.8) is 0 Å². The first-order valence-corrected chi connectivity index (χ1v) is 15.1. The molecule has 40 heavy (non-hydrogen) atoms. The van der Waals surface area contributed by atoms with Gasteiger partial charge in [-0.1, -0.05) is 41.5 Å². The van der Waals surface area contributed by atoms with Crippen molar-refractivity contribution in [1.82, 2.24) is 5.32 Å². The summed E-state index contributed by atoms with van der Waals surface area (Å²) in [5, 5.41) is 13.7. The highest BCUT2D eigenvalue weighted by Gasteiger charge is 2.22. The van der Waals surface area contributed by atoms with E-state index in [1.807, 2.05) is 32.5 Å². The van der Waals surface area contributed by atoms with Crippen molar-refractivity contribution in [2.45, 2.75) is 123 Å². The standard InChI is InChI=1S/C10H22N2O2.C10H21NO3.C8H19NO2S/c1-10(2,3)12-7-5-4-6-8(11)9(13)14;1-10(2,3)9(12)6-5-8(11)7-14-13-4;1-8(2,3)12-6-7(9)5-11-10-4/h8,12H,4-7,11H2,1-3H3,(H,13,14);8H,5-7,11H2,1-4H3;7H,5-6,9H2,1-4H3/p+2/t2*8-;7-/m001/s1. The number of carbonyl (C=O) groups excluding carboxylic acids is 2. The third-order valence-corrected chi connectivity index (χ3v) is 6.68. The molecule has 3 atom stereocenters. The van der Waals surface area contributed by atoms with E-state index in [1.165, 1.54) is 14.2 Å². The van der Waals surface area contributed by atoms with Gasteiger partial charge in [-0.2, -0.15) is 0 Å². The maximum atomic E-state index is 11.5. The van der Waals surface area contributed by atoms with Crippen molar-refractivity contribution < 1.29 is 51.4 Å². The molecule has 0 aliphatic carbocycles. The number of hydrogen-bond acceptors (Lipinski definition) is 9. The van der Waals surface area contributed by atoms with E-state index in [9.17, 15) is 14.7 Å². The zero-order valence-corrected chi connectivity index (χ0v) is 28.3. The fourth-order valence-corrected chi connectivity index (χ4v) is 3.47. The van der Waals surface area contributed by atoms with Crippen molar-refractivity contribution in [1.29, 1.82) is 0 Å². The van der Waals surface area contributed by atoms with Crippen LogP contribution in [0.4, 0.5) is 0 Å². The highest BCUT2D eigenvalue weighted by molar-refractivity contribution is 8.00. The van der Waals surface area contributed by atoms with E-state index in [-0.39, 0.29) is 22.8 Å². The number of carboxylic acids is 1. The van der Waals surface area contributed by atoms with Gasteiger partial charge in [-0.25, -0.2) is 19.6 Å². The van der Waals surface area contributed by atoms with Crippen LogP contribution < -0.4 is 27.6 Å². The first kappa shape index (κ1) is 43.6. The van der Waals surface area contributed by atoms with E-state index < -0.39 is 12.0 Å². The average molecular weight is 601 g/mol. The highest BCUT2D eigenvalue weighted by Crippen LogP contribution is 2.23. The summed E-state index contributed by atoms with van der Waals surface area (Å²) >= 11 is 1.89. The van der Waals surface area contributed by atoms with Crippen LogP contribution in [0, 0.1) is 5.41 Å². The number of ketones is 1. The van der Waals surface area contributed by atoms with Crippen molar-refractivity contribution in [2.24, 2.45) is 5.41 Å². The lowest BCUT2D eigenvalue weighted by Gasteiger charge is -2.20. The minimum absolute atomic E-state index is 0.112. The van der Waals surface area contributed by atoms with Crippen LogP contribution in [0.3, 0.4) is 0 Å². The zero-order valence-electron chi connectivity index (χ0n) is 27.5. The number of thioether (sulfide) groups is 1. The van der Waals surface area contributed by atoms with Crippen molar-refractivity contribution in [2.75, 3.05) is 39.7 Å². The molecular formula is C28H64N4O7S+2. The van der Waals surface area contributed by atoms with Crippen LogP contribution in [-0.4, -0.2) is 79.9 Å². The predicted molar refractivity (Wildman–Crippen MR) is 158 cm³/mol. The van der Waals surface area contributed by atoms with Crippen LogP contribution in [0.15, 0.2) is 0 Å². The maximum absolute atomic E-state index is 11.5. The molecule has 0 aliphatic heterocycles. The number of rotatable bonds is 17. The number of Topliss-reactive ketones (excluding diaryl/α,β-unsaturated/α-hetero) is 1. The lowest BCUT2D eigenvalue weighted by atomic mass is 9.87. The smallest absolute Gasteiger partial charge is 0.138 e. The Morgan fingerprint density at radius 3 is 1.73 bits per heavy atom. The van der Waals surface area contributed by atoms with E-state index in [4.69, 9.17) is 9.78 Å². The Bertz CT molecular complexity index is 636. The van der Waals surface area contributed by atoms with Gasteiger partial charge in [0.2, 0.25) is 0 Å². The van der Waals surface area contributed by atoms with Crippen molar-refractivity contribution in [3.8, 4) is 0 Å². The van der Waals surface area contributed by atoms with Gasteiger partial charge in [0.05, 0.1) is 20.2 Å². The molecule has 11 nitrogen and oxygen atoms in total. The number of unbranched alkanes of at least 4 members (excludes halogenated alkanes) is 1. The van der Waals surface area contributed by atoms with Crippen LogP contribution in [0.2, 0.25) is 0 Å². The number of nitrogens with one attached hydrogen (secondary N) is 1. The Hall–Kier alpha value is -0.830. The number of hydrogen-bond donors (Lipinski definition) is 4. The Morgan fingerprint density at radius 2 is 1.32 bits per heavy atom. The van der Waals surface area contributed by atoms with E-state index in [0.717, 1.165) is 31.6 Å². The second-order valence-corrected chi connectivity index (χ2v) is 14.8. The third kappa shape index (κ3) is 35.2. The minimum atomic E-state index is -1.05. The summed E-state index contributed by atoms with van der Waals surface area (Å²) in [4.78, 5) is 40.4. The summed E-state index contributed by atoms with van der Waals surface area (Å²) in [5.74, 6) is 0.227. The summed E-state index contributed by atoms with van der Waals surface area (Å²) in [6, 6.07) is -0.153. The highest BCUT2D eigenvalue weighted by atomic mass is 32.2. The molecule has 0 bridgehead atoms. The number of carboxylic acid groups (broad SMARTS) is 1. The molecule has 0 amide bonds. The topological polar surface area (TPSA) is 189 Å². The summed E-state index contributed by atoms with van der Waals surface area (Å²) in [7, 11) is 2.98. The average Bonchev–Trinajstić information content (AvgIpc) is 2.82. The van der Waals surface area contributed by atoms with Gasteiger partial charge in [0.25, 0.3) is 0 Å². The molecule has 0 spiro atoms. The molecule has 0 aromatic rings. The zero-order chi connectivity index (χ0) is 32.0. The summed E-state index contributed by atoms with van der Waals surface area (Å²) in [6.07, 6.45) is 3.78.